The van der Waals surface area contributed by atoms with Crippen LogP contribution in [0.25, 0.3) is 10.2 Å². The minimum Gasteiger partial charge on any atom is -0.486 e. The van der Waals surface area contributed by atoms with Crippen molar-refractivity contribution in [3.8, 4) is 5.75 Å². The third kappa shape index (κ3) is 4.67. The molecule has 0 atom stereocenters. The van der Waals surface area contributed by atoms with Crippen molar-refractivity contribution in [2.45, 2.75) is 13.5 Å². The number of amides is 2. The van der Waals surface area contributed by atoms with Gasteiger partial charge in [-0.1, -0.05) is 35.9 Å². The molecular weight excluding hydrogens is 406 g/mol. The van der Waals surface area contributed by atoms with Crippen molar-refractivity contribution in [3.63, 3.8) is 0 Å². The van der Waals surface area contributed by atoms with Gasteiger partial charge < -0.3 is 15.4 Å². The molecule has 29 heavy (non-hydrogen) atoms. The Hall–Kier alpha value is -3.09. The first-order valence-electron chi connectivity index (χ1n) is 8.99. The van der Waals surface area contributed by atoms with Gasteiger partial charge in [0, 0.05) is 5.69 Å². The first-order valence-corrected chi connectivity index (χ1v) is 10.2. The number of anilines is 2. The first kappa shape index (κ1) is 19.2. The number of aryl methyl sites for hydroxylation is 1. The number of hydrogen-bond acceptors (Lipinski definition) is 4. The number of nitrogens with one attached hydrogen (secondary N) is 2. The third-order valence-corrected chi connectivity index (χ3v) is 5.58. The first-order chi connectivity index (χ1) is 14.1. The Labute approximate surface area is 177 Å². The fourth-order valence-corrected chi connectivity index (χ4v) is 3.92. The highest BCUT2D eigenvalue weighted by molar-refractivity contribution is 7.18. The van der Waals surface area contributed by atoms with E-state index in [0.29, 0.717) is 23.0 Å². The molecule has 0 saturated heterocycles. The van der Waals surface area contributed by atoms with Crippen molar-refractivity contribution in [1.29, 1.82) is 0 Å². The van der Waals surface area contributed by atoms with Crippen LogP contribution in [-0.2, 0) is 6.61 Å². The second-order valence-electron chi connectivity index (χ2n) is 6.40. The summed E-state index contributed by atoms with van der Waals surface area (Å²) in [6, 6.07) is 20.2. The van der Waals surface area contributed by atoms with E-state index in [1.807, 2.05) is 49.4 Å². The van der Waals surface area contributed by atoms with Gasteiger partial charge in [-0.3, -0.25) is 0 Å². The summed E-state index contributed by atoms with van der Waals surface area (Å²) in [5, 5.41) is 6.94. The molecular formula is C22H18ClN3O2S. The van der Waals surface area contributed by atoms with Crippen LogP contribution >= 0.6 is 22.9 Å². The summed E-state index contributed by atoms with van der Waals surface area (Å²) >= 11 is 7.69. The summed E-state index contributed by atoms with van der Waals surface area (Å²) in [6.45, 7) is 2.34. The number of benzene rings is 3. The maximum Gasteiger partial charge on any atom is 0.323 e. The van der Waals surface area contributed by atoms with Crippen molar-refractivity contribution in [1.82, 2.24) is 4.98 Å². The lowest BCUT2D eigenvalue weighted by Gasteiger charge is -2.12. The van der Waals surface area contributed by atoms with Gasteiger partial charge >= 0.3 is 6.03 Å². The van der Waals surface area contributed by atoms with Crippen LogP contribution in [0.2, 0.25) is 5.02 Å². The molecule has 7 heteroatoms. The molecule has 2 amide bonds. The highest BCUT2D eigenvalue weighted by Crippen LogP contribution is 2.26. The molecule has 2 N–H and O–H groups in total. The van der Waals surface area contributed by atoms with Crippen LogP contribution in [0.4, 0.5) is 16.2 Å². The number of urea groups is 1. The summed E-state index contributed by atoms with van der Waals surface area (Å²) in [6.07, 6.45) is 0. The van der Waals surface area contributed by atoms with E-state index in [0.717, 1.165) is 26.5 Å². The summed E-state index contributed by atoms with van der Waals surface area (Å²) in [4.78, 5) is 16.8. The van der Waals surface area contributed by atoms with E-state index in [-0.39, 0.29) is 6.03 Å². The number of hydrogen-bond donors (Lipinski definition) is 2. The van der Waals surface area contributed by atoms with Gasteiger partial charge in [-0.25, -0.2) is 9.78 Å². The summed E-state index contributed by atoms with van der Waals surface area (Å²) in [7, 11) is 0. The smallest absolute Gasteiger partial charge is 0.323 e. The van der Waals surface area contributed by atoms with Crippen LogP contribution in [-0.4, -0.2) is 11.0 Å². The van der Waals surface area contributed by atoms with E-state index in [1.165, 1.54) is 0 Å². The van der Waals surface area contributed by atoms with Gasteiger partial charge in [0.25, 0.3) is 0 Å². The molecule has 0 bridgehead atoms. The third-order valence-electron chi connectivity index (χ3n) is 4.24. The number of para-hydroxylation sites is 2. The van der Waals surface area contributed by atoms with E-state index in [1.54, 1.807) is 29.5 Å². The van der Waals surface area contributed by atoms with Crippen LogP contribution in [0.3, 0.4) is 0 Å². The van der Waals surface area contributed by atoms with Crippen LogP contribution in [0.1, 0.15) is 10.6 Å². The molecule has 0 radical (unpaired) electrons. The number of rotatable bonds is 5. The van der Waals surface area contributed by atoms with Crippen molar-refractivity contribution >= 4 is 50.6 Å². The number of carbonyl (C=O) groups is 1. The molecule has 3 aromatic carbocycles. The average Bonchev–Trinajstić information content (AvgIpc) is 3.12. The molecule has 4 aromatic rings. The van der Waals surface area contributed by atoms with Crippen LogP contribution in [0.5, 0.6) is 5.75 Å². The van der Waals surface area contributed by atoms with Gasteiger partial charge in [0.1, 0.15) is 17.4 Å². The Kier molecular flexibility index (Phi) is 5.64. The number of nitrogens with zero attached hydrogens (tertiary/aromatic N) is 1. The largest absolute Gasteiger partial charge is 0.486 e. The molecule has 0 aliphatic heterocycles. The molecule has 4 rings (SSSR count). The molecule has 1 aromatic heterocycles. The molecule has 0 aliphatic carbocycles. The van der Waals surface area contributed by atoms with E-state index in [9.17, 15) is 4.79 Å². The summed E-state index contributed by atoms with van der Waals surface area (Å²) < 4.78 is 7.07. The Morgan fingerprint density at radius 3 is 2.66 bits per heavy atom. The van der Waals surface area contributed by atoms with E-state index < -0.39 is 0 Å². The number of ether oxygens (including phenoxy) is 1. The number of aromatic nitrogens is 1. The molecule has 0 spiro atoms. The average molecular weight is 424 g/mol. The zero-order chi connectivity index (χ0) is 20.2. The molecule has 0 saturated carbocycles. The monoisotopic (exact) mass is 423 g/mol. The number of carbonyl (C=O) groups excluding carboxylic acids is 1. The number of thiazole rings is 1. The van der Waals surface area contributed by atoms with Gasteiger partial charge in [0.2, 0.25) is 0 Å². The maximum atomic E-state index is 12.2. The zero-order valence-corrected chi connectivity index (χ0v) is 17.2. The van der Waals surface area contributed by atoms with Gasteiger partial charge in [-0.05, 0) is 55.0 Å². The van der Waals surface area contributed by atoms with E-state index >= 15 is 0 Å². The summed E-state index contributed by atoms with van der Waals surface area (Å²) in [5.41, 5.74) is 3.12. The highest BCUT2D eigenvalue weighted by Gasteiger charge is 2.09. The van der Waals surface area contributed by atoms with Crippen molar-refractivity contribution in [3.05, 3.63) is 82.3 Å². The standard InChI is InChI=1S/C22H18ClN3O2S/c1-14-12-15(24-22(27)26-17-7-3-2-6-16(17)23)10-11-19(14)28-13-21-25-18-8-4-5-9-20(18)29-21/h2-12H,13H2,1H3,(H2,24,26,27). The maximum absolute atomic E-state index is 12.2. The fraction of sp³-hybridized carbons (Fsp3) is 0.0909. The topological polar surface area (TPSA) is 63.2 Å². The molecule has 5 nitrogen and oxygen atoms in total. The summed E-state index contributed by atoms with van der Waals surface area (Å²) in [5.74, 6) is 0.751. The predicted octanol–water partition coefficient (Wildman–Crippen LogP) is 6.48. The lowest BCUT2D eigenvalue weighted by molar-refractivity contribution is 0.262. The SMILES string of the molecule is Cc1cc(NC(=O)Nc2ccccc2Cl)ccc1OCc1nc2ccccc2s1. The van der Waals surface area contributed by atoms with E-state index in [4.69, 9.17) is 16.3 Å². The Balaban J connectivity index is 1.38. The van der Waals surface area contributed by atoms with Crippen molar-refractivity contribution in [2.75, 3.05) is 10.6 Å². The number of fused-ring (bicyclic) bond motifs is 1. The molecule has 1 heterocycles. The lowest BCUT2D eigenvalue weighted by Crippen LogP contribution is -2.19. The van der Waals surface area contributed by atoms with Gasteiger partial charge in [-0.2, -0.15) is 0 Å². The molecule has 0 fully saturated rings. The Morgan fingerprint density at radius 2 is 1.86 bits per heavy atom. The highest BCUT2D eigenvalue weighted by atomic mass is 35.5. The quantitative estimate of drug-likeness (QED) is 0.386. The van der Waals surface area contributed by atoms with E-state index in [2.05, 4.69) is 21.7 Å². The minimum atomic E-state index is -0.361. The molecule has 146 valence electrons. The van der Waals surface area contributed by atoms with Gasteiger partial charge in [-0.15, -0.1) is 11.3 Å². The second-order valence-corrected chi connectivity index (χ2v) is 7.93. The van der Waals surface area contributed by atoms with Crippen LogP contribution < -0.4 is 15.4 Å². The normalized spacial score (nSPS) is 10.7. The Bertz CT molecular complexity index is 1140. The molecule has 0 aliphatic rings. The second kappa shape index (κ2) is 8.51. The van der Waals surface area contributed by atoms with Crippen molar-refractivity contribution in [2.24, 2.45) is 0 Å². The minimum absolute atomic E-state index is 0.361. The fourth-order valence-electron chi connectivity index (χ4n) is 2.86. The lowest BCUT2D eigenvalue weighted by atomic mass is 10.2. The number of halogens is 1. The molecule has 0 unspecified atom stereocenters. The Morgan fingerprint density at radius 1 is 1.07 bits per heavy atom. The predicted molar refractivity (Wildman–Crippen MR) is 119 cm³/mol. The zero-order valence-electron chi connectivity index (χ0n) is 15.6. The van der Waals surface area contributed by atoms with Crippen LogP contribution in [0, 0.1) is 6.92 Å². The van der Waals surface area contributed by atoms with Gasteiger partial charge in [0.15, 0.2) is 0 Å². The van der Waals surface area contributed by atoms with Crippen LogP contribution in [0.15, 0.2) is 66.7 Å². The van der Waals surface area contributed by atoms with Gasteiger partial charge in [0.05, 0.1) is 20.9 Å². The van der Waals surface area contributed by atoms with Crippen molar-refractivity contribution < 1.29 is 9.53 Å².